The number of hydrogen-bond donors (Lipinski definition) is 0. The second-order valence-corrected chi connectivity index (χ2v) is 6.86. The second kappa shape index (κ2) is 31.2. The van der Waals surface area contributed by atoms with Crippen LogP contribution in [0.3, 0.4) is 0 Å². The van der Waals surface area contributed by atoms with Crippen molar-refractivity contribution >= 4 is 0 Å². The van der Waals surface area contributed by atoms with Crippen LogP contribution in [0.1, 0.15) is 26.2 Å². The van der Waals surface area contributed by atoms with Crippen molar-refractivity contribution in [3.05, 3.63) is 0 Å². The van der Waals surface area contributed by atoms with E-state index in [-0.39, 0.29) is 0 Å². The van der Waals surface area contributed by atoms with Gasteiger partial charge in [0, 0.05) is 6.61 Å². The quantitative estimate of drug-likeness (QED) is 0.118. The minimum Gasteiger partial charge on any atom is -0.379 e. The van der Waals surface area contributed by atoms with Crippen LogP contribution < -0.4 is 0 Å². The molecule has 0 heterocycles. The number of unbranched alkanes of at least 4 members (excludes halogenated alkanes) is 2. The molecule has 0 spiro atoms. The molecule has 9 nitrogen and oxygen atoms in total. The van der Waals surface area contributed by atoms with E-state index in [9.17, 15) is 0 Å². The molecule has 0 bridgehead atoms. The zero-order valence-corrected chi connectivity index (χ0v) is 20.6. The molecular formula is C24H46O9. The van der Waals surface area contributed by atoms with Crippen molar-refractivity contribution in [1.29, 1.82) is 0 Å². The van der Waals surface area contributed by atoms with Gasteiger partial charge < -0.3 is 42.6 Å². The van der Waals surface area contributed by atoms with Gasteiger partial charge >= 0.3 is 0 Å². The van der Waals surface area contributed by atoms with E-state index < -0.39 is 0 Å². The van der Waals surface area contributed by atoms with E-state index in [4.69, 9.17) is 49.1 Å². The normalized spacial score (nSPS) is 11.2. The molecular weight excluding hydrogens is 432 g/mol. The summed E-state index contributed by atoms with van der Waals surface area (Å²) in [5, 5.41) is 0. The Morgan fingerprint density at radius 1 is 0.394 bits per heavy atom. The van der Waals surface area contributed by atoms with Gasteiger partial charge in [0.05, 0.1) is 106 Å². The smallest absolute Gasteiger partial charge is 0.107 e. The molecule has 0 fully saturated rings. The zero-order valence-electron chi connectivity index (χ0n) is 20.6. The molecule has 9 heteroatoms. The van der Waals surface area contributed by atoms with Crippen molar-refractivity contribution in [2.45, 2.75) is 26.2 Å². The fraction of sp³-hybridized carbons (Fsp3) is 0.917. The molecule has 0 rings (SSSR count). The second-order valence-electron chi connectivity index (χ2n) is 6.86. The number of terminal acetylenes is 1. The molecule has 0 atom stereocenters. The maximum atomic E-state index is 5.47. The van der Waals surface area contributed by atoms with Crippen molar-refractivity contribution in [1.82, 2.24) is 0 Å². The average molecular weight is 479 g/mol. The van der Waals surface area contributed by atoms with E-state index in [2.05, 4.69) is 12.8 Å². The summed E-state index contributed by atoms with van der Waals surface area (Å²) in [4.78, 5) is 0. The minimum atomic E-state index is 0.315. The van der Waals surface area contributed by atoms with Crippen molar-refractivity contribution in [2.24, 2.45) is 0 Å². The standard InChI is InChI=1S/C24H46O9/c1-3-5-6-8-26-10-12-28-14-16-30-18-20-32-22-24-33-23-21-31-19-17-29-15-13-27-11-9-25-7-4-2/h2H,3,5-24H2,1H3. The van der Waals surface area contributed by atoms with Crippen LogP contribution in [-0.2, 0) is 42.6 Å². The summed E-state index contributed by atoms with van der Waals surface area (Å²) >= 11 is 0. The summed E-state index contributed by atoms with van der Waals surface area (Å²) in [5.41, 5.74) is 0. The third kappa shape index (κ3) is 31.2. The average Bonchev–Trinajstić information content (AvgIpc) is 2.83. The first kappa shape index (κ1) is 32.2. The predicted octanol–water partition coefficient (Wildman–Crippen LogP) is 1.96. The van der Waals surface area contributed by atoms with Gasteiger partial charge in [-0.2, -0.15) is 0 Å². The lowest BCUT2D eigenvalue weighted by Gasteiger charge is -2.08. The van der Waals surface area contributed by atoms with Crippen LogP contribution in [0.5, 0.6) is 0 Å². The molecule has 0 N–H and O–H groups in total. The SMILES string of the molecule is C#CCOCCOCCOCCOCCOCCOCCOCCOCCOCCCCC. The molecule has 0 unspecified atom stereocenters. The topological polar surface area (TPSA) is 83.1 Å². The number of rotatable bonds is 29. The lowest BCUT2D eigenvalue weighted by atomic mass is 10.3. The Kier molecular flexibility index (Phi) is 30.4. The molecule has 33 heavy (non-hydrogen) atoms. The Morgan fingerprint density at radius 3 is 0.939 bits per heavy atom. The van der Waals surface area contributed by atoms with Crippen LogP contribution in [0.2, 0.25) is 0 Å². The molecule has 0 saturated carbocycles. The molecule has 0 amide bonds. The number of ether oxygens (including phenoxy) is 9. The van der Waals surface area contributed by atoms with Gasteiger partial charge in [-0.3, -0.25) is 0 Å². The largest absolute Gasteiger partial charge is 0.379 e. The Bertz CT molecular complexity index is 391. The highest BCUT2D eigenvalue weighted by molar-refractivity contribution is 4.82. The van der Waals surface area contributed by atoms with Gasteiger partial charge in [-0.1, -0.05) is 25.7 Å². The van der Waals surface area contributed by atoms with E-state index >= 15 is 0 Å². The van der Waals surface area contributed by atoms with Crippen LogP contribution in [0.15, 0.2) is 0 Å². The molecule has 0 aliphatic heterocycles. The summed E-state index contributed by atoms with van der Waals surface area (Å²) in [5.74, 6) is 2.40. The van der Waals surface area contributed by atoms with Crippen LogP contribution >= 0.6 is 0 Å². The van der Waals surface area contributed by atoms with Gasteiger partial charge in [0.25, 0.3) is 0 Å². The van der Waals surface area contributed by atoms with Crippen LogP contribution in [0.4, 0.5) is 0 Å². The van der Waals surface area contributed by atoms with Crippen molar-refractivity contribution < 1.29 is 42.6 Å². The first-order chi connectivity index (χ1) is 16.4. The molecule has 0 aliphatic carbocycles. The van der Waals surface area contributed by atoms with Crippen molar-refractivity contribution in [3.8, 4) is 12.3 Å². The Hall–Kier alpha value is -0.800. The van der Waals surface area contributed by atoms with E-state index in [1.54, 1.807) is 0 Å². The van der Waals surface area contributed by atoms with Gasteiger partial charge in [-0.15, -0.1) is 6.42 Å². The molecule has 0 radical (unpaired) electrons. The zero-order chi connectivity index (χ0) is 23.9. The molecule has 0 aliphatic rings. The van der Waals surface area contributed by atoms with Gasteiger partial charge in [-0.25, -0.2) is 0 Å². The van der Waals surface area contributed by atoms with E-state index in [1.807, 2.05) is 0 Å². The first-order valence-corrected chi connectivity index (χ1v) is 12.0. The van der Waals surface area contributed by atoms with Gasteiger partial charge in [0.15, 0.2) is 0 Å². The summed E-state index contributed by atoms with van der Waals surface area (Å²) in [6.07, 6.45) is 8.62. The van der Waals surface area contributed by atoms with Crippen LogP contribution in [0.25, 0.3) is 0 Å². The monoisotopic (exact) mass is 478 g/mol. The van der Waals surface area contributed by atoms with Crippen LogP contribution in [-0.4, -0.2) is 119 Å². The maximum absolute atomic E-state index is 5.47. The third-order valence-electron chi connectivity index (χ3n) is 4.05. The fourth-order valence-corrected chi connectivity index (χ4v) is 2.34. The van der Waals surface area contributed by atoms with Crippen molar-refractivity contribution in [2.75, 3.05) is 119 Å². The van der Waals surface area contributed by atoms with Crippen LogP contribution in [0, 0.1) is 12.3 Å². The summed E-state index contributed by atoms with van der Waals surface area (Å²) < 4.78 is 48.5. The van der Waals surface area contributed by atoms with Gasteiger partial charge in [-0.05, 0) is 6.42 Å². The molecule has 0 aromatic carbocycles. The summed E-state index contributed by atoms with van der Waals surface area (Å²) in [6, 6.07) is 0. The van der Waals surface area contributed by atoms with Gasteiger partial charge in [0.2, 0.25) is 0 Å². The molecule has 0 aromatic heterocycles. The van der Waals surface area contributed by atoms with E-state index in [0.29, 0.717) is 112 Å². The third-order valence-corrected chi connectivity index (χ3v) is 4.05. The number of hydrogen-bond acceptors (Lipinski definition) is 9. The highest BCUT2D eigenvalue weighted by Crippen LogP contribution is 1.94. The first-order valence-electron chi connectivity index (χ1n) is 12.0. The summed E-state index contributed by atoms with van der Waals surface area (Å²) in [6.45, 7) is 12.0. The minimum absolute atomic E-state index is 0.315. The molecule has 196 valence electrons. The highest BCUT2D eigenvalue weighted by atomic mass is 16.6. The predicted molar refractivity (Wildman–Crippen MR) is 126 cm³/mol. The molecule has 0 saturated heterocycles. The van der Waals surface area contributed by atoms with E-state index in [0.717, 1.165) is 13.0 Å². The lowest BCUT2D eigenvalue weighted by Crippen LogP contribution is -2.15. The van der Waals surface area contributed by atoms with Gasteiger partial charge in [0.1, 0.15) is 6.61 Å². The fourth-order valence-electron chi connectivity index (χ4n) is 2.34. The highest BCUT2D eigenvalue weighted by Gasteiger charge is 1.95. The molecule has 0 aromatic rings. The van der Waals surface area contributed by atoms with Crippen molar-refractivity contribution in [3.63, 3.8) is 0 Å². The lowest BCUT2D eigenvalue weighted by molar-refractivity contribution is -0.0246. The maximum Gasteiger partial charge on any atom is 0.107 e. The Morgan fingerprint density at radius 2 is 0.667 bits per heavy atom. The Balaban J connectivity index is 3.00. The Labute approximate surface area is 200 Å². The summed E-state index contributed by atoms with van der Waals surface area (Å²) in [7, 11) is 0. The van der Waals surface area contributed by atoms with E-state index in [1.165, 1.54) is 12.8 Å².